The molecule has 6 bridgehead atoms. The summed E-state index contributed by atoms with van der Waals surface area (Å²) in [5.41, 5.74) is 4.93. The number of nitrogens with one attached hydrogen (secondary N) is 3. The minimum Gasteiger partial charge on any atom is -0.408 e. The smallest absolute Gasteiger partial charge is 0.408 e. The molecule has 3 N–H and O–H groups in total. The van der Waals surface area contributed by atoms with Crippen molar-refractivity contribution in [1.29, 1.82) is 0 Å². The van der Waals surface area contributed by atoms with Gasteiger partial charge in [0.1, 0.15) is 5.02 Å². The van der Waals surface area contributed by atoms with E-state index >= 15 is 0 Å². The van der Waals surface area contributed by atoms with Crippen molar-refractivity contribution in [2.24, 2.45) is 0 Å². The molecule has 3 heterocycles. The molecule has 27 heavy (non-hydrogen) atoms. The van der Waals surface area contributed by atoms with E-state index in [-0.39, 0.29) is 0 Å². The van der Waals surface area contributed by atoms with Crippen molar-refractivity contribution in [2.45, 2.75) is 12.8 Å². The molecule has 0 spiro atoms. The predicted molar refractivity (Wildman–Crippen MR) is 104 cm³/mol. The number of fused-ring (bicyclic) bond motifs is 8. The highest BCUT2D eigenvalue weighted by Gasteiger charge is 2.13. The Morgan fingerprint density at radius 2 is 2.00 bits per heavy atom. The number of halogens is 1. The molecule has 0 atom stereocenters. The van der Waals surface area contributed by atoms with Crippen molar-refractivity contribution in [3.8, 4) is 0 Å². The quantitative estimate of drug-likeness (QED) is 0.424. The van der Waals surface area contributed by atoms with Gasteiger partial charge in [-0.3, -0.25) is 4.98 Å². The lowest BCUT2D eigenvalue weighted by Gasteiger charge is -2.10. The average Bonchev–Trinajstić information content (AvgIpc) is 3.02. The topological polar surface area (TPSA) is 95.8 Å². The van der Waals surface area contributed by atoms with E-state index in [1.165, 1.54) is 0 Å². The van der Waals surface area contributed by atoms with Crippen molar-refractivity contribution < 1.29 is 4.42 Å². The van der Waals surface area contributed by atoms with Gasteiger partial charge in [-0.25, -0.2) is 9.78 Å². The zero-order chi connectivity index (χ0) is 18.4. The van der Waals surface area contributed by atoms with Gasteiger partial charge < -0.3 is 15.1 Å². The van der Waals surface area contributed by atoms with Crippen LogP contribution in [-0.4, -0.2) is 15.0 Å². The molecule has 1 aliphatic heterocycles. The fourth-order valence-electron chi connectivity index (χ4n) is 3.25. The summed E-state index contributed by atoms with van der Waals surface area (Å²) in [5.74, 6) is 0.440. The van der Waals surface area contributed by atoms with Crippen LogP contribution < -0.4 is 16.4 Å². The molecule has 0 aliphatic carbocycles. The van der Waals surface area contributed by atoms with Crippen LogP contribution in [-0.2, 0) is 12.8 Å². The van der Waals surface area contributed by atoms with Crippen molar-refractivity contribution >= 4 is 45.8 Å². The standard InChI is InChI=1S/C19H14ClN5O2/c20-14-9-21-18-23-12-3-1-2-10(6-12)4-5-11-7-13(22-17(14)25-18)8-15-16(11)27-19(26)24-15/h1-3,6-9H,4-5H2,(H,24,26)(H2,21,22,23,25). The molecular weight excluding hydrogens is 366 g/mol. The Labute approximate surface area is 158 Å². The average molecular weight is 380 g/mol. The normalized spacial score (nSPS) is 13.1. The first-order chi connectivity index (χ1) is 13.1. The molecule has 2 aromatic carbocycles. The molecule has 1 aliphatic rings. The van der Waals surface area contributed by atoms with E-state index in [4.69, 9.17) is 16.0 Å². The van der Waals surface area contributed by atoms with E-state index in [9.17, 15) is 4.79 Å². The van der Waals surface area contributed by atoms with Crippen molar-refractivity contribution in [3.63, 3.8) is 0 Å². The Kier molecular flexibility index (Phi) is 3.61. The van der Waals surface area contributed by atoms with Crippen molar-refractivity contribution in [2.75, 3.05) is 10.6 Å². The third kappa shape index (κ3) is 3.02. The molecule has 8 heteroatoms. The van der Waals surface area contributed by atoms with Crippen LogP contribution in [0.4, 0.5) is 23.1 Å². The summed E-state index contributed by atoms with van der Waals surface area (Å²) in [5, 5.41) is 6.81. The summed E-state index contributed by atoms with van der Waals surface area (Å²) < 4.78 is 5.35. The number of oxazole rings is 1. The molecule has 134 valence electrons. The van der Waals surface area contributed by atoms with Crippen LogP contribution in [0.1, 0.15) is 11.1 Å². The summed E-state index contributed by atoms with van der Waals surface area (Å²) in [6, 6.07) is 11.8. The maximum absolute atomic E-state index is 11.7. The highest BCUT2D eigenvalue weighted by molar-refractivity contribution is 6.32. The highest BCUT2D eigenvalue weighted by Crippen LogP contribution is 2.29. The third-order valence-corrected chi connectivity index (χ3v) is 4.75. The van der Waals surface area contributed by atoms with Crippen LogP contribution in [0.2, 0.25) is 5.02 Å². The minimum atomic E-state index is -0.474. The van der Waals surface area contributed by atoms with E-state index in [0.29, 0.717) is 34.3 Å². The number of rotatable bonds is 0. The van der Waals surface area contributed by atoms with Gasteiger partial charge in [-0.05, 0) is 48.2 Å². The Balaban J connectivity index is 1.72. The van der Waals surface area contributed by atoms with Crippen LogP contribution >= 0.6 is 11.6 Å². The van der Waals surface area contributed by atoms with Crippen molar-refractivity contribution in [1.82, 2.24) is 15.0 Å². The van der Waals surface area contributed by atoms with E-state index in [2.05, 4.69) is 37.7 Å². The second-order valence-electron chi connectivity index (χ2n) is 6.37. The Morgan fingerprint density at radius 3 is 2.93 bits per heavy atom. The van der Waals surface area contributed by atoms with Gasteiger partial charge in [0.05, 0.1) is 11.7 Å². The lowest BCUT2D eigenvalue weighted by atomic mass is 10.0. The second kappa shape index (κ2) is 6.14. The molecule has 0 amide bonds. The summed E-state index contributed by atoms with van der Waals surface area (Å²) in [6.45, 7) is 0. The van der Waals surface area contributed by atoms with Crippen LogP contribution in [0.25, 0.3) is 11.1 Å². The number of benzene rings is 2. The monoisotopic (exact) mass is 379 g/mol. The second-order valence-corrected chi connectivity index (χ2v) is 6.77. The lowest BCUT2D eigenvalue weighted by Crippen LogP contribution is -2.01. The first kappa shape index (κ1) is 15.9. The fraction of sp³-hybridized carbons (Fsp3) is 0.105. The number of aromatic amines is 1. The van der Waals surface area contributed by atoms with E-state index in [0.717, 1.165) is 28.9 Å². The number of aryl methyl sites for hydroxylation is 2. The first-order valence-corrected chi connectivity index (χ1v) is 8.83. The number of hydrogen-bond acceptors (Lipinski definition) is 6. The third-order valence-electron chi connectivity index (χ3n) is 4.47. The molecule has 7 nitrogen and oxygen atoms in total. The Hall–Kier alpha value is -3.32. The van der Waals surface area contributed by atoms with Gasteiger partial charge in [-0.1, -0.05) is 23.7 Å². The summed E-state index contributed by atoms with van der Waals surface area (Å²) in [6.07, 6.45) is 3.05. The van der Waals surface area contributed by atoms with Gasteiger partial charge >= 0.3 is 5.76 Å². The molecule has 2 aromatic heterocycles. The van der Waals surface area contributed by atoms with Gasteiger partial charge in [0.25, 0.3) is 0 Å². The molecule has 4 aromatic rings. The predicted octanol–water partition coefficient (Wildman–Crippen LogP) is 4.15. The van der Waals surface area contributed by atoms with Crippen molar-refractivity contribution in [3.05, 3.63) is 69.3 Å². The van der Waals surface area contributed by atoms with Gasteiger partial charge in [0.2, 0.25) is 5.95 Å². The van der Waals surface area contributed by atoms with E-state index < -0.39 is 5.76 Å². The zero-order valence-corrected chi connectivity index (χ0v) is 14.8. The maximum atomic E-state index is 11.7. The molecule has 0 saturated heterocycles. The van der Waals surface area contributed by atoms with Crippen LogP contribution in [0.3, 0.4) is 0 Å². The Bertz CT molecular complexity index is 1230. The van der Waals surface area contributed by atoms with Crippen LogP contribution in [0.5, 0.6) is 0 Å². The number of anilines is 4. The molecule has 5 rings (SSSR count). The van der Waals surface area contributed by atoms with Gasteiger partial charge in [0.15, 0.2) is 11.4 Å². The summed E-state index contributed by atoms with van der Waals surface area (Å²) in [7, 11) is 0. The largest absolute Gasteiger partial charge is 0.417 e. The molecule has 0 fully saturated rings. The minimum absolute atomic E-state index is 0.395. The first-order valence-electron chi connectivity index (χ1n) is 8.45. The number of H-pyrrole nitrogens is 1. The number of nitrogens with zero attached hydrogens (tertiary/aromatic N) is 2. The maximum Gasteiger partial charge on any atom is 0.417 e. The summed E-state index contributed by atoms with van der Waals surface area (Å²) >= 11 is 6.26. The fourth-order valence-corrected chi connectivity index (χ4v) is 3.39. The molecule has 0 unspecified atom stereocenters. The van der Waals surface area contributed by atoms with Crippen LogP contribution in [0, 0.1) is 0 Å². The zero-order valence-electron chi connectivity index (χ0n) is 14.0. The lowest BCUT2D eigenvalue weighted by molar-refractivity contribution is 0.551. The molecular formula is C19H14ClN5O2. The molecule has 0 radical (unpaired) electrons. The van der Waals surface area contributed by atoms with Gasteiger partial charge in [0, 0.05) is 11.4 Å². The Morgan fingerprint density at radius 1 is 1.07 bits per heavy atom. The summed E-state index contributed by atoms with van der Waals surface area (Å²) in [4.78, 5) is 23.1. The van der Waals surface area contributed by atoms with E-state index in [1.54, 1.807) is 12.3 Å². The van der Waals surface area contributed by atoms with Crippen LogP contribution in [0.15, 0.2) is 51.8 Å². The highest BCUT2D eigenvalue weighted by atomic mass is 35.5. The molecule has 0 saturated carbocycles. The SMILES string of the molecule is O=c1[nH]c2cc3cc(c2o1)CCc1cccc(c1)Nc1ncc(Cl)c(n1)N3. The van der Waals surface area contributed by atoms with E-state index in [1.807, 2.05) is 18.2 Å². The van der Waals surface area contributed by atoms with Gasteiger partial charge in [-0.2, -0.15) is 4.98 Å². The van der Waals surface area contributed by atoms with Gasteiger partial charge in [-0.15, -0.1) is 0 Å². The number of aromatic nitrogens is 3. The number of hydrogen-bond donors (Lipinski definition) is 3.